The fraction of sp³-hybridized carbons (Fsp3) is 0.462. The number of rotatable bonds is 5. The molecule has 88 valence electrons. The molecule has 0 aliphatic heterocycles. The molecular formula is C13H18O3. The van der Waals surface area contributed by atoms with Crippen LogP contribution in [0.3, 0.4) is 0 Å². The zero-order valence-corrected chi connectivity index (χ0v) is 10.1. The van der Waals surface area contributed by atoms with Crippen LogP contribution in [0.5, 0.6) is 5.75 Å². The maximum absolute atomic E-state index is 11.3. The van der Waals surface area contributed by atoms with Crippen molar-refractivity contribution in [3.05, 3.63) is 29.3 Å². The van der Waals surface area contributed by atoms with E-state index in [1.165, 1.54) is 7.11 Å². The predicted molar refractivity (Wildman–Crippen MR) is 62.9 cm³/mol. The highest BCUT2D eigenvalue weighted by molar-refractivity contribution is 5.91. The molecule has 0 spiro atoms. The van der Waals surface area contributed by atoms with Gasteiger partial charge in [-0.05, 0) is 37.1 Å². The Bertz CT molecular complexity index is 358. The zero-order chi connectivity index (χ0) is 12.0. The van der Waals surface area contributed by atoms with Gasteiger partial charge in [-0.25, -0.2) is 4.79 Å². The van der Waals surface area contributed by atoms with E-state index >= 15 is 0 Å². The molecule has 0 amide bonds. The summed E-state index contributed by atoms with van der Waals surface area (Å²) in [4.78, 5) is 11.3. The third kappa shape index (κ3) is 3.26. The molecule has 1 aromatic rings. The van der Waals surface area contributed by atoms with E-state index in [2.05, 4.69) is 11.7 Å². The van der Waals surface area contributed by atoms with Crippen LogP contribution in [0.1, 0.15) is 35.7 Å². The molecule has 0 saturated carbocycles. The van der Waals surface area contributed by atoms with E-state index in [0.29, 0.717) is 12.2 Å². The van der Waals surface area contributed by atoms with E-state index in [9.17, 15) is 4.79 Å². The molecule has 0 aliphatic rings. The first-order valence-corrected chi connectivity index (χ1v) is 5.50. The van der Waals surface area contributed by atoms with Gasteiger partial charge < -0.3 is 9.47 Å². The van der Waals surface area contributed by atoms with Gasteiger partial charge in [0, 0.05) is 0 Å². The van der Waals surface area contributed by atoms with Crippen molar-refractivity contribution < 1.29 is 14.3 Å². The van der Waals surface area contributed by atoms with Crippen molar-refractivity contribution in [3.63, 3.8) is 0 Å². The smallest absolute Gasteiger partial charge is 0.338 e. The lowest BCUT2D eigenvalue weighted by Gasteiger charge is -2.08. The maximum Gasteiger partial charge on any atom is 0.338 e. The molecule has 3 nitrogen and oxygen atoms in total. The SMILES string of the molecule is CCCCOc1ccc(C(=O)OC)c(C)c1. The van der Waals surface area contributed by atoms with Gasteiger partial charge in [0.1, 0.15) is 5.75 Å². The Balaban J connectivity index is 2.71. The van der Waals surface area contributed by atoms with Gasteiger partial charge >= 0.3 is 5.97 Å². The number of esters is 1. The van der Waals surface area contributed by atoms with Crippen molar-refractivity contribution in [1.82, 2.24) is 0 Å². The van der Waals surface area contributed by atoms with E-state index in [0.717, 1.165) is 24.2 Å². The molecule has 0 radical (unpaired) electrons. The highest BCUT2D eigenvalue weighted by atomic mass is 16.5. The fourth-order valence-electron chi connectivity index (χ4n) is 1.40. The summed E-state index contributed by atoms with van der Waals surface area (Å²) in [5.74, 6) is 0.496. The van der Waals surface area contributed by atoms with Gasteiger partial charge in [-0.15, -0.1) is 0 Å². The fourth-order valence-corrected chi connectivity index (χ4v) is 1.40. The Morgan fingerprint density at radius 1 is 1.38 bits per heavy atom. The normalized spacial score (nSPS) is 9.94. The van der Waals surface area contributed by atoms with Gasteiger partial charge in [0.05, 0.1) is 19.3 Å². The monoisotopic (exact) mass is 222 g/mol. The lowest BCUT2D eigenvalue weighted by molar-refractivity contribution is 0.0600. The molecule has 0 heterocycles. The second-order valence-corrected chi connectivity index (χ2v) is 3.67. The molecule has 0 unspecified atom stereocenters. The van der Waals surface area contributed by atoms with Crippen molar-refractivity contribution in [3.8, 4) is 5.75 Å². The first-order valence-electron chi connectivity index (χ1n) is 5.50. The van der Waals surface area contributed by atoms with Crippen molar-refractivity contribution in [2.75, 3.05) is 13.7 Å². The van der Waals surface area contributed by atoms with Gasteiger partial charge in [0.2, 0.25) is 0 Å². The molecular weight excluding hydrogens is 204 g/mol. The van der Waals surface area contributed by atoms with E-state index in [1.807, 2.05) is 13.0 Å². The van der Waals surface area contributed by atoms with Crippen LogP contribution in [0.4, 0.5) is 0 Å². The maximum atomic E-state index is 11.3. The number of benzene rings is 1. The van der Waals surface area contributed by atoms with Crippen LogP contribution in [-0.2, 0) is 4.74 Å². The molecule has 1 aromatic carbocycles. The van der Waals surface area contributed by atoms with Crippen LogP contribution in [0, 0.1) is 6.92 Å². The van der Waals surface area contributed by atoms with Crippen molar-refractivity contribution in [2.45, 2.75) is 26.7 Å². The highest BCUT2D eigenvalue weighted by Gasteiger charge is 2.09. The van der Waals surface area contributed by atoms with E-state index in [4.69, 9.17) is 4.74 Å². The molecule has 0 N–H and O–H groups in total. The average Bonchev–Trinajstić information content (AvgIpc) is 2.29. The highest BCUT2D eigenvalue weighted by Crippen LogP contribution is 2.18. The zero-order valence-electron chi connectivity index (χ0n) is 10.1. The summed E-state index contributed by atoms with van der Waals surface area (Å²) in [5.41, 5.74) is 1.46. The number of carbonyl (C=O) groups is 1. The third-order valence-electron chi connectivity index (χ3n) is 2.37. The van der Waals surface area contributed by atoms with Crippen LogP contribution in [0.2, 0.25) is 0 Å². The predicted octanol–water partition coefficient (Wildman–Crippen LogP) is 2.96. The van der Waals surface area contributed by atoms with Gasteiger partial charge in [0.25, 0.3) is 0 Å². The molecule has 3 heteroatoms. The molecule has 16 heavy (non-hydrogen) atoms. The Labute approximate surface area is 96.4 Å². The lowest BCUT2D eigenvalue weighted by Crippen LogP contribution is -2.04. The van der Waals surface area contributed by atoms with Crippen molar-refractivity contribution >= 4 is 5.97 Å². The summed E-state index contributed by atoms with van der Waals surface area (Å²) >= 11 is 0. The summed E-state index contributed by atoms with van der Waals surface area (Å²) < 4.78 is 10.2. The number of hydrogen-bond donors (Lipinski definition) is 0. The van der Waals surface area contributed by atoms with E-state index < -0.39 is 0 Å². The first-order chi connectivity index (χ1) is 7.69. The minimum absolute atomic E-state index is 0.308. The molecule has 0 bridgehead atoms. The second-order valence-electron chi connectivity index (χ2n) is 3.67. The van der Waals surface area contributed by atoms with Crippen LogP contribution in [0.15, 0.2) is 18.2 Å². The molecule has 0 aromatic heterocycles. The molecule has 0 atom stereocenters. The standard InChI is InChI=1S/C13H18O3/c1-4-5-8-16-11-6-7-12(10(2)9-11)13(14)15-3/h6-7,9H,4-5,8H2,1-3H3. The number of unbranched alkanes of at least 4 members (excludes halogenated alkanes) is 1. The summed E-state index contributed by atoms with van der Waals surface area (Å²) in [5, 5.41) is 0. The van der Waals surface area contributed by atoms with Crippen LogP contribution < -0.4 is 4.74 Å². The van der Waals surface area contributed by atoms with E-state index in [1.54, 1.807) is 12.1 Å². The summed E-state index contributed by atoms with van der Waals surface area (Å²) in [6.45, 7) is 4.71. The van der Waals surface area contributed by atoms with Gasteiger partial charge in [-0.2, -0.15) is 0 Å². The summed E-state index contributed by atoms with van der Waals surface area (Å²) in [6, 6.07) is 5.40. The minimum Gasteiger partial charge on any atom is -0.494 e. The Morgan fingerprint density at radius 3 is 2.69 bits per heavy atom. The van der Waals surface area contributed by atoms with Crippen molar-refractivity contribution in [2.24, 2.45) is 0 Å². The number of methoxy groups -OCH3 is 1. The summed E-state index contributed by atoms with van der Waals surface area (Å²) in [7, 11) is 1.38. The number of ether oxygens (including phenoxy) is 2. The largest absolute Gasteiger partial charge is 0.494 e. The molecule has 0 saturated heterocycles. The molecule has 0 fully saturated rings. The third-order valence-corrected chi connectivity index (χ3v) is 2.37. The average molecular weight is 222 g/mol. The van der Waals surface area contributed by atoms with Gasteiger partial charge in [-0.1, -0.05) is 13.3 Å². The molecule has 0 aliphatic carbocycles. The van der Waals surface area contributed by atoms with E-state index in [-0.39, 0.29) is 5.97 Å². The number of hydrogen-bond acceptors (Lipinski definition) is 3. The quantitative estimate of drug-likeness (QED) is 0.567. The summed E-state index contributed by atoms with van der Waals surface area (Å²) in [6.07, 6.45) is 2.15. The Hall–Kier alpha value is -1.51. The first kappa shape index (κ1) is 12.6. The lowest BCUT2D eigenvalue weighted by atomic mass is 10.1. The minimum atomic E-state index is -0.308. The molecule has 1 rings (SSSR count). The van der Waals surface area contributed by atoms with Crippen LogP contribution >= 0.6 is 0 Å². The van der Waals surface area contributed by atoms with Crippen LogP contribution in [-0.4, -0.2) is 19.7 Å². The number of aryl methyl sites for hydroxylation is 1. The van der Waals surface area contributed by atoms with Gasteiger partial charge in [-0.3, -0.25) is 0 Å². The Morgan fingerprint density at radius 2 is 2.12 bits per heavy atom. The van der Waals surface area contributed by atoms with Crippen LogP contribution in [0.25, 0.3) is 0 Å². The number of carbonyl (C=O) groups excluding carboxylic acids is 1. The van der Waals surface area contributed by atoms with Gasteiger partial charge in [0.15, 0.2) is 0 Å². The van der Waals surface area contributed by atoms with Crippen molar-refractivity contribution in [1.29, 1.82) is 0 Å². The second kappa shape index (κ2) is 6.16. The Kier molecular flexibility index (Phi) is 4.83. The topological polar surface area (TPSA) is 35.5 Å².